The molecule has 0 radical (unpaired) electrons. The van der Waals surface area contributed by atoms with Crippen LogP contribution in [-0.2, 0) is 4.74 Å². The number of fused-ring (bicyclic) bond motifs is 2. The van der Waals surface area contributed by atoms with Crippen LogP contribution in [0.4, 0.5) is 4.79 Å². The van der Waals surface area contributed by atoms with Crippen molar-refractivity contribution in [2.45, 2.75) is 33.3 Å². The molecule has 6 nitrogen and oxygen atoms in total. The minimum absolute atomic E-state index is 0.0432. The van der Waals surface area contributed by atoms with Crippen molar-refractivity contribution < 1.29 is 28.6 Å². The second kappa shape index (κ2) is 5.81. The van der Waals surface area contributed by atoms with Crippen LogP contribution in [-0.4, -0.2) is 22.6 Å². The van der Waals surface area contributed by atoms with Crippen molar-refractivity contribution in [3.8, 4) is 11.5 Å². The lowest BCUT2D eigenvalue weighted by Crippen LogP contribution is -2.26. The van der Waals surface area contributed by atoms with Gasteiger partial charge in [-0.1, -0.05) is 24.3 Å². The summed E-state index contributed by atoms with van der Waals surface area (Å²) < 4.78 is 16.1. The number of rotatable bonds is 2. The first kappa shape index (κ1) is 16.8. The number of ketones is 1. The van der Waals surface area contributed by atoms with Crippen molar-refractivity contribution in [1.82, 2.24) is 0 Å². The van der Waals surface area contributed by atoms with Crippen molar-refractivity contribution in [2.24, 2.45) is 0 Å². The third-order valence-electron chi connectivity index (χ3n) is 3.54. The van der Waals surface area contributed by atoms with Gasteiger partial charge < -0.3 is 19.0 Å². The summed E-state index contributed by atoms with van der Waals surface area (Å²) >= 11 is 0. The third-order valence-corrected chi connectivity index (χ3v) is 3.54. The summed E-state index contributed by atoms with van der Waals surface area (Å²) in [6.45, 7) is 6.52. The van der Waals surface area contributed by atoms with Gasteiger partial charge in [-0.3, -0.25) is 4.79 Å². The zero-order valence-corrected chi connectivity index (χ0v) is 14.4. The summed E-state index contributed by atoms with van der Waals surface area (Å²) in [5.74, 6) is -0.180. The van der Waals surface area contributed by atoms with E-state index in [1.165, 1.54) is 13.0 Å². The molecule has 0 fully saturated rings. The number of benzene rings is 2. The average Bonchev–Trinajstić information content (AvgIpc) is 2.95. The summed E-state index contributed by atoms with van der Waals surface area (Å²) in [4.78, 5) is 23.8. The number of carbonyl (C=O) groups excluding carboxylic acids is 2. The Morgan fingerprint density at radius 3 is 2.32 bits per heavy atom. The maximum Gasteiger partial charge on any atom is 0.514 e. The first-order valence-corrected chi connectivity index (χ1v) is 7.76. The van der Waals surface area contributed by atoms with Gasteiger partial charge in [-0.2, -0.15) is 0 Å². The first-order chi connectivity index (χ1) is 11.7. The van der Waals surface area contributed by atoms with Gasteiger partial charge in [0, 0.05) is 17.7 Å². The van der Waals surface area contributed by atoms with Gasteiger partial charge in [0.2, 0.25) is 0 Å². The van der Waals surface area contributed by atoms with Crippen LogP contribution in [0.15, 0.2) is 34.7 Å². The van der Waals surface area contributed by atoms with Crippen LogP contribution in [0.2, 0.25) is 0 Å². The predicted molar refractivity (Wildman–Crippen MR) is 92.3 cm³/mol. The second-order valence-electron chi connectivity index (χ2n) is 6.70. The molecule has 25 heavy (non-hydrogen) atoms. The van der Waals surface area contributed by atoms with Crippen LogP contribution in [0.25, 0.3) is 21.7 Å². The number of phenols is 1. The molecule has 0 atom stereocenters. The number of furan rings is 1. The molecule has 0 aliphatic rings. The highest BCUT2D eigenvalue weighted by Gasteiger charge is 2.24. The summed E-state index contributed by atoms with van der Waals surface area (Å²) in [5.41, 5.74) is -0.608. The van der Waals surface area contributed by atoms with Crippen molar-refractivity contribution >= 4 is 33.7 Å². The molecule has 0 unspecified atom stereocenters. The Hall–Kier alpha value is -3.02. The number of carbonyl (C=O) groups is 2. The molecular weight excluding hydrogens is 324 g/mol. The van der Waals surface area contributed by atoms with Crippen molar-refractivity contribution in [3.05, 3.63) is 36.1 Å². The fourth-order valence-electron chi connectivity index (χ4n) is 2.52. The number of phenolic OH excluding ortho intramolecular Hbond substituents is 1. The van der Waals surface area contributed by atoms with Gasteiger partial charge in [-0.15, -0.1) is 0 Å². The van der Waals surface area contributed by atoms with E-state index in [0.29, 0.717) is 16.2 Å². The highest BCUT2D eigenvalue weighted by atomic mass is 16.7. The minimum atomic E-state index is -0.898. The number of Topliss-reactive ketones (excluding diaryl/α,β-unsaturated/α-hetero) is 1. The lowest BCUT2D eigenvalue weighted by molar-refractivity contribution is 0.0210. The number of hydrogen-bond acceptors (Lipinski definition) is 6. The van der Waals surface area contributed by atoms with E-state index in [4.69, 9.17) is 13.9 Å². The SMILES string of the molecule is CC(=O)c1cc2c(O)c3ccccc3c(OC(=O)OC(C)(C)C)c2o1. The number of aromatic hydroxyl groups is 1. The smallest absolute Gasteiger partial charge is 0.507 e. The summed E-state index contributed by atoms with van der Waals surface area (Å²) in [5, 5.41) is 11.8. The molecule has 0 aliphatic heterocycles. The topological polar surface area (TPSA) is 86.0 Å². The van der Waals surface area contributed by atoms with Crippen LogP contribution < -0.4 is 4.74 Å². The van der Waals surface area contributed by atoms with Crippen molar-refractivity contribution in [3.63, 3.8) is 0 Å². The molecule has 130 valence electrons. The number of ether oxygens (including phenoxy) is 2. The molecule has 0 saturated carbocycles. The molecule has 0 amide bonds. The molecule has 0 saturated heterocycles. The van der Waals surface area contributed by atoms with Crippen LogP contribution in [0.5, 0.6) is 11.5 Å². The Bertz CT molecular complexity index is 990. The van der Waals surface area contributed by atoms with E-state index in [9.17, 15) is 14.7 Å². The van der Waals surface area contributed by atoms with Crippen LogP contribution in [0.1, 0.15) is 38.2 Å². The lowest BCUT2D eigenvalue weighted by Gasteiger charge is -2.19. The minimum Gasteiger partial charge on any atom is -0.507 e. The maximum atomic E-state index is 12.1. The first-order valence-electron chi connectivity index (χ1n) is 7.76. The Morgan fingerprint density at radius 2 is 1.72 bits per heavy atom. The highest BCUT2D eigenvalue weighted by Crippen LogP contribution is 2.43. The van der Waals surface area contributed by atoms with Gasteiger partial charge >= 0.3 is 6.16 Å². The van der Waals surface area contributed by atoms with Gasteiger partial charge in [0.1, 0.15) is 11.4 Å². The Labute approximate surface area is 143 Å². The second-order valence-corrected chi connectivity index (χ2v) is 6.70. The largest absolute Gasteiger partial charge is 0.514 e. The van der Waals surface area contributed by atoms with Crippen LogP contribution >= 0.6 is 0 Å². The molecular formula is C19H18O6. The predicted octanol–water partition coefficient (Wildman–Crippen LogP) is 4.81. The van der Waals surface area contributed by atoms with Crippen LogP contribution in [0, 0.1) is 0 Å². The van der Waals surface area contributed by atoms with Gasteiger partial charge in [0.05, 0.1) is 5.39 Å². The van der Waals surface area contributed by atoms with E-state index < -0.39 is 11.8 Å². The molecule has 1 N–H and O–H groups in total. The molecule has 3 rings (SSSR count). The van der Waals surface area contributed by atoms with Crippen molar-refractivity contribution in [2.75, 3.05) is 0 Å². The average molecular weight is 342 g/mol. The Balaban J connectivity index is 2.24. The van der Waals surface area contributed by atoms with Crippen molar-refractivity contribution in [1.29, 1.82) is 0 Å². The fourth-order valence-corrected chi connectivity index (χ4v) is 2.52. The molecule has 6 heteroatoms. The molecule has 0 aliphatic carbocycles. The molecule has 0 spiro atoms. The van der Waals surface area contributed by atoms with E-state index in [0.717, 1.165) is 0 Å². The van der Waals surface area contributed by atoms with Gasteiger partial charge in [-0.05, 0) is 26.8 Å². The van der Waals surface area contributed by atoms with E-state index in [-0.39, 0.29) is 28.6 Å². The van der Waals surface area contributed by atoms with Crippen LogP contribution in [0.3, 0.4) is 0 Å². The molecule has 1 aromatic heterocycles. The van der Waals surface area contributed by atoms with E-state index in [1.807, 2.05) is 0 Å². The standard InChI is InChI=1S/C19H18O6/c1-10(20)14-9-13-15(21)11-7-5-6-8-12(11)16(17(13)23-14)24-18(22)25-19(2,3)4/h5-9,21H,1-4H3. The Kier molecular flexibility index (Phi) is 3.91. The summed E-state index contributed by atoms with van der Waals surface area (Å²) in [6.07, 6.45) is -0.898. The quantitative estimate of drug-likeness (QED) is 0.409. The third kappa shape index (κ3) is 3.15. The molecule has 2 aromatic carbocycles. The zero-order valence-electron chi connectivity index (χ0n) is 14.4. The highest BCUT2D eigenvalue weighted by molar-refractivity contribution is 6.11. The van der Waals surface area contributed by atoms with Gasteiger partial charge in [0.25, 0.3) is 0 Å². The summed E-state index contributed by atoms with van der Waals surface area (Å²) in [6, 6.07) is 8.29. The van der Waals surface area contributed by atoms with E-state index in [2.05, 4.69) is 0 Å². The van der Waals surface area contributed by atoms with Gasteiger partial charge in [-0.25, -0.2) is 4.79 Å². The normalized spacial score (nSPS) is 11.7. The summed E-state index contributed by atoms with van der Waals surface area (Å²) in [7, 11) is 0. The maximum absolute atomic E-state index is 12.1. The molecule has 1 heterocycles. The van der Waals surface area contributed by atoms with E-state index in [1.54, 1.807) is 45.0 Å². The lowest BCUT2D eigenvalue weighted by atomic mass is 10.1. The van der Waals surface area contributed by atoms with E-state index >= 15 is 0 Å². The fraction of sp³-hybridized carbons (Fsp3) is 0.263. The molecule has 3 aromatic rings. The van der Waals surface area contributed by atoms with Gasteiger partial charge in [0.15, 0.2) is 22.9 Å². The molecule has 0 bridgehead atoms. The monoisotopic (exact) mass is 342 g/mol. The zero-order chi connectivity index (χ0) is 18.4. The number of hydrogen-bond donors (Lipinski definition) is 1. The Morgan fingerprint density at radius 1 is 1.08 bits per heavy atom.